The summed E-state index contributed by atoms with van der Waals surface area (Å²) in [6.45, 7) is 1.34. The van der Waals surface area contributed by atoms with E-state index in [2.05, 4.69) is 15.9 Å². The zero-order valence-corrected chi connectivity index (χ0v) is 20.5. The van der Waals surface area contributed by atoms with E-state index in [4.69, 9.17) is 5.73 Å². The Kier molecular flexibility index (Phi) is 7.55. The molecule has 192 valence electrons. The highest BCUT2D eigenvalue weighted by Crippen LogP contribution is 2.36. The van der Waals surface area contributed by atoms with Crippen LogP contribution in [0.1, 0.15) is 40.9 Å². The summed E-state index contributed by atoms with van der Waals surface area (Å²) in [5, 5.41) is 24.6. The number of hydrogen-bond donors (Lipinski definition) is 2. The van der Waals surface area contributed by atoms with Gasteiger partial charge in [0, 0.05) is 37.0 Å². The number of esters is 1. The number of rotatable bonds is 8. The molecule has 0 saturated carbocycles. The molecule has 3 N–H and O–H groups in total. The molecule has 0 unspecified atom stereocenters. The zero-order chi connectivity index (χ0) is 26.6. The maximum atomic E-state index is 15.0. The van der Waals surface area contributed by atoms with E-state index in [1.54, 1.807) is 4.68 Å². The standard InChI is InChI=1S/C27H28FN5O4/c1-37-25(35)15-23-21(26(30)36)17-33(31-23)27(7-10-29)8-11-32(12-9-27)16-19-13-24(34)20(14-22(19)28)18-5-3-2-4-6-18/h2-6,13-14,17,34H,7-9,11-12,15-16H2,1H3,(H2,30,36). The van der Waals surface area contributed by atoms with Gasteiger partial charge >= 0.3 is 5.97 Å². The lowest BCUT2D eigenvalue weighted by molar-refractivity contribution is -0.139. The Morgan fingerprint density at radius 3 is 2.57 bits per heavy atom. The van der Waals surface area contributed by atoms with E-state index in [1.807, 2.05) is 35.2 Å². The van der Waals surface area contributed by atoms with E-state index in [0.29, 0.717) is 37.1 Å². The molecule has 1 aromatic heterocycles. The number of nitrogens with zero attached hydrogens (tertiary/aromatic N) is 4. The third-order valence-electron chi connectivity index (χ3n) is 6.92. The van der Waals surface area contributed by atoms with Crippen LogP contribution in [-0.2, 0) is 28.0 Å². The molecule has 1 saturated heterocycles. The normalized spacial score (nSPS) is 15.2. The van der Waals surface area contributed by atoms with E-state index < -0.39 is 23.2 Å². The summed E-state index contributed by atoms with van der Waals surface area (Å²) < 4.78 is 21.3. The number of phenols is 1. The lowest BCUT2D eigenvalue weighted by Gasteiger charge is -2.41. The summed E-state index contributed by atoms with van der Waals surface area (Å²) in [4.78, 5) is 25.8. The first-order valence-corrected chi connectivity index (χ1v) is 11.9. The number of nitrogens with two attached hydrogens (primary N) is 1. The molecule has 2 heterocycles. The predicted octanol–water partition coefficient (Wildman–Crippen LogP) is 3.11. The van der Waals surface area contributed by atoms with Crippen LogP contribution in [0.3, 0.4) is 0 Å². The molecule has 0 spiro atoms. The van der Waals surface area contributed by atoms with Crippen molar-refractivity contribution in [3.05, 3.63) is 71.3 Å². The maximum absolute atomic E-state index is 15.0. The summed E-state index contributed by atoms with van der Waals surface area (Å²) in [6, 6.07) is 14.1. The first-order chi connectivity index (χ1) is 17.8. The number of likely N-dealkylation sites (tertiary alicyclic amines) is 1. The second-order valence-electron chi connectivity index (χ2n) is 9.21. The largest absolute Gasteiger partial charge is 0.507 e. The number of carbonyl (C=O) groups excluding carboxylic acids is 2. The molecule has 3 aromatic rings. The average molecular weight is 506 g/mol. The van der Waals surface area contributed by atoms with Gasteiger partial charge in [0.1, 0.15) is 11.6 Å². The fourth-order valence-corrected chi connectivity index (χ4v) is 4.78. The van der Waals surface area contributed by atoms with Crippen molar-refractivity contribution in [3.8, 4) is 22.9 Å². The lowest BCUT2D eigenvalue weighted by Crippen LogP contribution is -2.46. The fraction of sp³-hybridized carbons (Fsp3) is 0.333. The van der Waals surface area contributed by atoms with Gasteiger partial charge in [-0.1, -0.05) is 30.3 Å². The van der Waals surface area contributed by atoms with Gasteiger partial charge in [0.25, 0.3) is 5.91 Å². The highest BCUT2D eigenvalue weighted by molar-refractivity contribution is 5.94. The number of phenolic OH excluding ortho intramolecular Hbond substituents is 1. The van der Waals surface area contributed by atoms with Crippen LogP contribution in [0.5, 0.6) is 5.75 Å². The van der Waals surface area contributed by atoms with Crippen molar-refractivity contribution < 1.29 is 23.8 Å². The van der Waals surface area contributed by atoms with E-state index >= 15 is 0 Å². The quantitative estimate of drug-likeness (QED) is 0.449. The molecular weight excluding hydrogens is 477 g/mol. The highest BCUT2D eigenvalue weighted by atomic mass is 19.1. The van der Waals surface area contributed by atoms with E-state index in [9.17, 15) is 24.3 Å². The number of ether oxygens (including phenoxy) is 1. The third kappa shape index (κ3) is 5.47. The minimum Gasteiger partial charge on any atom is -0.507 e. The van der Waals surface area contributed by atoms with Crippen LogP contribution < -0.4 is 5.73 Å². The average Bonchev–Trinajstić information content (AvgIpc) is 3.32. The molecule has 10 heteroatoms. The smallest absolute Gasteiger partial charge is 0.311 e. The second-order valence-corrected chi connectivity index (χ2v) is 9.21. The third-order valence-corrected chi connectivity index (χ3v) is 6.92. The van der Waals surface area contributed by atoms with Crippen molar-refractivity contribution in [2.45, 2.75) is 37.8 Å². The number of piperidine rings is 1. The number of benzene rings is 2. The minimum absolute atomic E-state index is 0.00657. The van der Waals surface area contributed by atoms with Crippen LogP contribution in [0.25, 0.3) is 11.1 Å². The molecule has 1 aliphatic rings. The number of hydrogen-bond acceptors (Lipinski definition) is 7. The van der Waals surface area contributed by atoms with E-state index in [1.165, 1.54) is 25.4 Å². The van der Waals surface area contributed by atoms with Crippen LogP contribution >= 0.6 is 0 Å². The molecule has 0 atom stereocenters. The molecule has 0 radical (unpaired) electrons. The molecule has 1 amide bonds. The van der Waals surface area contributed by atoms with Gasteiger partial charge in [-0.2, -0.15) is 10.4 Å². The summed E-state index contributed by atoms with van der Waals surface area (Å²) in [6.07, 6.45) is 2.44. The SMILES string of the molecule is COC(=O)Cc1nn(C2(CC#N)CCN(Cc3cc(O)c(-c4ccccc4)cc3F)CC2)cc1C(N)=O. The number of aromatic nitrogens is 2. The minimum atomic E-state index is -0.719. The van der Waals surface area contributed by atoms with Crippen molar-refractivity contribution in [2.75, 3.05) is 20.2 Å². The van der Waals surface area contributed by atoms with Crippen LogP contribution in [0.2, 0.25) is 0 Å². The number of nitriles is 1. The van der Waals surface area contributed by atoms with Crippen molar-refractivity contribution >= 4 is 11.9 Å². The number of carbonyl (C=O) groups is 2. The van der Waals surface area contributed by atoms with Crippen LogP contribution in [-0.4, -0.2) is 51.9 Å². The summed E-state index contributed by atoms with van der Waals surface area (Å²) in [7, 11) is 1.24. The van der Waals surface area contributed by atoms with Crippen molar-refractivity contribution in [1.82, 2.24) is 14.7 Å². The Morgan fingerprint density at radius 2 is 1.95 bits per heavy atom. The molecule has 0 bridgehead atoms. The summed E-state index contributed by atoms with van der Waals surface area (Å²) in [5.41, 5.74) is 6.64. The van der Waals surface area contributed by atoms with Gasteiger partial charge in [0.05, 0.1) is 42.8 Å². The second kappa shape index (κ2) is 10.8. The maximum Gasteiger partial charge on any atom is 0.311 e. The molecule has 2 aromatic carbocycles. The van der Waals surface area contributed by atoms with Crippen LogP contribution in [0.4, 0.5) is 4.39 Å². The first kappa shape index (κ1) is 25.9. The number of methoxy groups -OCH3 is 1. The van der Waals surface area contributed by atoms with Gasteiger partial charge < -0.3 is 15.6 Å². The van der Waals surface area contributed by atoms with Crippen LogP contribution in [0, 0.1) is 17.1 Å². The molecular formula is C27H28FN5O4. The number of halogens is 1. The van der Waals surface area contributed by atoms with Crippen LogP contribution in [0.15, 0.2) is 48.7 Å². The molecule has 0 aliphatic carbocycles. The fourth-order valence-electron chi connectivity index (χ4n) is 4.78. The molecule has 37 heavy (non-hydrogen) atoms. The predicted molar refractivity (Wildman–Crippen MR) is 133 cm³/mol. The zero-order valence-electron chi connectivity index (χ0n) is 20.5. The van der Waals surface area contributed by atoms with E-state index in [-0.39, 0.29) is 36.4 Å². The van der Waals surface area contributed by atoms with Gasteiger partial charge in [-0.25, -0.2) is 4.39 Å². The van der Waals surface area contributed by atoms with Gasteiger partial charge in [-0.3, -0.25) is 19.2 Å². The molecule has 9 nitrogen and oxygen atoms in total. The number of amides is 1. The Labute approximate surface area is 213 Å². The van der Waals surface area contributed by atoms with Crippen molar-refractivity contribution in [3.63, 3.8) is 0 Å². The Hall–Kier alpha value is -4.23. The highest BCUT2D eigenvalue weighted by Gasteiger charge is 2.38. The van der Waals surface area contributed by atoms with E-state index in [0.717, 1.165) is 5.56 Å². The van der Waals surface area contributed by atoms with Gasteiger partial charge in [0.15, 0.2) is 0 Å². The topological polar surface area (TPSA) is 134 Å². The van der Waals surface area contributed by atoms with Crippen molar-refractivity contribution in [1.29, 1.82) is 5.26 Å². The molecule has 4 rings (SSSR count). The first-order valence-electron chi connectivity index (χ1n) is 11.9. The lowest BCUT2D eigenvalue weighted by atomic mass is 9.84. The monoisotopic (exact) mass is 505 g/mol. The van der Waals surface area contributed by atoms with Gasteiger partial charge in [-0.15, -0.1) is 0 Å². The summed E-state index contributed by atoms with van der Waals surface area (Å²) in [5.74, 6) is -1.67. The molecule has 1 fully saturated rings. The van der Waals surface area contributed by atoms with Gasteiger partial charge in [-0.05, 0) is 30.5 Å². The number of primary amides is 1. The Morgan fingerprint density at radius 1 is 1.24 bits per heavy atom. The Balaban J connectivity index is 1.52. The van der Waals surface area contributed by atoms with Gasteiger partial charge in [0.2, 0.25) is 0 Å². The Bertz CT molecular complexity index is 1340. The van der Waals surface area contributed by atoms with Crippen molar-refractivity contribution in [2.24, 2.45) is 5.73 Å². The summed E-state index contributed by atoms with van der Waals surface area (Å²) >= 11 is 0. The molecule has 1 aliphatic heterocycles. The number of aromatic hydroxyl groups is 1.